The first-order valence-corrected chi connectivity index (χ1v) is 5.36. The lowest BCUT2D eigenvalue weighted by Crippen LogP contribution is -1.96. The van der Waals surface area contributed by atoms with Crippen LogP contribution in [0.2, 0.25) is 0 Å². The van der Waals surface area contributed by atoms with Gasteiger partial charge in [-0.15, -0.1) is 0 Å². The SMILES string of the molecule is CC=C(C)CCCC(CC)CC. The highest BCUT2D eigenvalue weighted by molar-refractivity contribution is 4.94. The number of hydrogen-bond acceptors (Lipinski definition) is 0. The Hall–Kier alpha value is -0.260. The standard InChI is InChI=1S/C12H24/c1-5-11(4)9-8-10-12(6-2)7-3/h5,12H,6-10H2,1-4H3. The lowest BCUT2D eigenvalue weighted by atomic mass is 9.95. The fraction of sp³-hybridized carbons (Fsp3) is 0.833. The summed E-state index contributed by atoms with van der Waals surface area (Å²) in [6, 6.07) is 0. The summed E-state index contributed by atoms with van der Waals surface area (Å²) in [5, 5.41) is 0. The van der Waals surface area contributed by atoms with Crippen LogP contribution in [0.3, 0.4) is 0 Å². The molecular formula is C12H24. The third kappa shape index (κ3) is 5.40. The average Bonchev–Trinajstić information content (AvgIpc) is 2.12. The van der Waals surface area contributed by atoms with Crippen LogP contribution in [-0.4, -0.2) is 0 Å². The molecular weight excluding hydrogens is 144 g/mol. The first-order chi connectivity index (χ1) is 5.74. The van der Waals surface area contributed by atoms with Crippen LogP contribution >= 0.6 is 0 Å². The van der Waals surface area contributed by atoms with E-state index in [-0.39, 0.29) is 0 Å². The highest BCUT2D eigenvalue weighted by atomic mass is 14.1. The molecule has 0 amide bonds. The summed E-state index contributed by atoms with van der Waals surface area (Å²) < 4.78 is 0. The zero-order chi connectivity index (χ0) is 9.40. The number of rotatable bonds is 6. The van der Waals surface area contributed by atoms with E-state index in [2.05, 4.69) is 33.8 Å². The smallest absolute Gasteiger partial charge is 0.0323 e. The predicted octanol–water partition coefficient (Wildman–Crippen LogP) is 4.56. The van der Waals surface area contributed by atoms with Gasteiger partial charge in [0.05, 0.1) is 0 Å². The molecule has 0 heteroatoms. The van der Waals surface area contributed by atoms with Crippen molar-refractivity contribution in [1.82, 2.24) is 0 Å². The molecule has 0 rings (SSSR count). The summed E-state index contributed by atoms with van der Waals surface area (Å²) in [5.41, 5.74) is 1.54. The molecule has 0 aromatic carbocycles. The molecule has 0 heterocycles. The van der Waals surface area contributed by atoms with Crippen molar-refractivity contribution in [3.05, 3.63) is 11.6 Å². The van der Waals surface area contributed by atoms with Crippen molar-refractivity contribution in [1.29, 1.82) is 0 Å². The fourth-order valence-corrected chi connectivity index (χ4v) is 1.51. The molecule has 0 aliphatic carbocycles. The van der Waals surface area contributed by atoms with Crippen LogP contribution in [0.1, 0.15) is 59.8 Å². The summed E-state index contributed by atoms with van der Waals surface area (Å²) in [6.45, 7) is 8.97. The van der Waals surface area contributed by atoms with Crippen LogP contribution in [0.25, 0.3) is 0 Å². The summed E-state index contributed by atoms with van der Waals surface area (Å²) in [7, 11) is 0. The van der Waals surface area contributed by atoms with Gasteiger partial charge in [0.2, 0.25) is 0 Å². The molecule has 72 valence electrons. The first-order valence-electron chi connectivity index (χ1n) is 5.36. The Kier molecular flexibility index (Phi) is 7.23. The second-order valence-electron chi connectivity index (χ2n) is 3.71. The van der Waals surface area contributed by atoms with Gasteiger partial charge in [-0.05, 0) is 32.6 Å². The summed E-state index contributed by atoms with van der Waals surface area (Å²) >= 11 is 0. The van der Waals surface area contributed by atoms with Gasteiger partial charge in [0.25, 0.3) is 0 Å². The van der Waals surface area contributed by atoms with Gasteiger partial charge in [-0.2, -0.15) is 0 Å². The minimum Gasteiger partial charge on any atom is -0.0887 e. The molecule has 0 spiro atoms. The van der Waals surface area contributed by atoms with E-state index in [1.807, 2.05) is 0 Å². The molecule has 0 aromatic heterocycles. The van der Waals surface area contributed by atoms with E-state index in [9.17, 15) is 0 Å². The highest BCUT2D eigenvalue weighted by Crippen LogP contribution is 2.17. The van der Waals surface area contributed by atoms with Crippen LogP contribution in [0.5, 0.6) is 0 Å². The van der Waals surface area contributed by atoms with E-state index in [1.54, 1.807) is 5.57 Å². The highest BCUT2D eigenvalue weighted by Gasteiger charge is 2.02. The molecule has 0 N–H and O–H groups in total. The molecule has 12 heavy (non-hydrogen) atoms. The summed E-state index contributed by atoms with van der Waals surface area (Å²) in [4.78, 5) is 0. The predicted molar refractivity (Wildman–Crippen MR) is 57.4 cm³/mol. The van der Waals surface area contributed by atoms with E-state index < -0.39 is 0 Å². The van der Waals surface area contributed by atoms with Crippen LogP contribution in [0, 0.1) is 5.92 Å². The van der Waals surface area contributed by atoms with Crippen LogP contribution < -0.4 is 0 Å². The van der Waals surface area contributed by atoms with Gasteiger partial charge in [-0.1, -0.05) is 44.8 Å². The van der Waals surface area contributed by atoms with Crippen LogP contribution in [-0.2, 0) is 0 Å². The van der Waals surface area contributed by atoms with Gasteiger partial charge < -0.3 is 0 Å². The maximum Gasteiger partial charge on any atom is -0.0323 e. The summed E-state index contributed by atoms with van der Waals surface area (Å²) in [5.74, 6) is 0.967. The number of hydrogen-bond donors (Lipinski definition) is 0. The van der Waals surface area contributed by atoms with Crippen molar-refractivity contribution in [2.75, 3.05) is 0 Å². The van der Waals surface area contributed by atoms with Crippen LogP contribution in [0.4, 0.5) is 0 Å². The van der Waals surface area contributed by atoms with E-state index in [0.717, 1.165) is 5.92 Å². The average molecular weight is 168 g/mol. The second-order valence-corrected chi connectivity index (χ2v) is 3.71. The van der Waals surface area contributed by atoms with Gasteiger partial charge in [0, 0.05) is 0 Å². The quantitative estimate of drug-likeness (QED) is 0.510. The second kappa shape index (κ2) is 7.39. The monoisotopic (exact) mass is 168 g/mol. The van der Waals surface area contributed by atoms with Gasteiger partial charge in [0.15, 0.2) is 0 Å². The van der Waals surface area contributed by atoms with Gasteiger partial charge in [-0.3, -0.25) is 0 Å². The normalized spacial score (nSPS) is 12.6. The van der Waals surface area contributed by atoms with Crippen molar-refractivity contribution < 1.29 is 0 Å². The Labute approximate surface area is 78.1 Å². The molecule has 0 fully saturated rings. The molecule has 0 aliphatic heterocycles. The molecule has 0 aromatic rings. The molecule has 0 saturated heterocycles. The third-order valence-electron chi connectivity index (χ3n) is 2.83. The van der Waals surface area contributed by atoms with Gasteiger partial charge in [0.1, 0.15) is 0 Å². The Bertz CT molecular complexity index is 118. The van der Waals surface area contributed by atoms with Crippen molar-refractivity contribution >= 4 is 0 Å². The van der Waals surface area contributed by atoms with Crippen molar-refractivity contribution in [3.8, 4) is 0 Å². The first kappa shape index (κ1) is 11.7. The third-order valence-corrected chi connectivity index (χ3v) is 2.83. The Balaban J connectivity index is 3.41. The van der Waals surface area contributed by atoms with E-state index in [0.29, 0.717) is 0 Å². The maximum atomic E-state index is 2.30. The molecule has 0 saturated carbocycles. The molecule has 0 aliphatic rings. The van der Waals surface area contributed by atoms with E-state index in [4.69, 9.17) is 0 Å². The Morgan fingerprint density at radius 1 is 1.25 bits per heavy atom. The molecule has 0 nitrogen and oxygen atoms in total. The molecule has 0 atom stereocenters. The lowest BCUT2D eigenvalue weighted by molar-refractivity contribution is 0.441. The minimum atomic E-state index is 0.967. The maximum absolute atomic E-state index is 2.30. The fourth-order valence-electron chi connectivity index (χ4n) is 1.51. The van der Waals surface area contributed by atoms with Crippen molar-refractivity contribution in [2.24, 2.45) is 5.92 Å². The zero-order valence-electron chi connectivity index (χ0n) is 9.19. The Morgan fingerprint density at radius 2 is 1.83 bits per heavy atom. The minimum absolute atomic E-state index is 0.967. The van der Waals surface area contributed by atoms with Gasteiger partial charge in [-0.25, -0.2) is 0 Å². The van der Waals surface area contributed by atoms with Crippen LogP contribution in [0.15, 0.2) is 11.6 Å². The summed E-state index contributed by atoms with van der Waals surface area (Å²) in [6.07, 6.45) is 9.03. The number of allylic oxidation sites excluding steroid dienone is 2. The molecule has 0 bridgehead atoms. The molecule has 0 unspecified atom stereocenters. The van der Waals surface area contributed by atoms with Gasteiger partial charge >= 0.3 is 0 Å². The largest absolute Gasteiger partial charge is 0.0887 e. The zero-order valence-corrected chi connectivity index (χ0v) is 9.19. The van der Waals surface area contributed by atoms with E-state index >= 15 is 0 Å². The van der Waals surface area contributed by atoms with Crippen molar-refractivity contribution in [2.45, 2.75) is 59.8 Å². The lowest BCUT2D eigenvalue weighted by Gasteiger charge is -2.11. The Morgan fingerprint density at radius 3 is 2.25 bits per heavy atom. The molecule has 0 radical (unpaired) electrons. The van der Waals surface area contributed by atoms with Crippen molar-refractivity contribution in [3.63, 3.8) is 0 Å². The van der Waals surface area contributed by atoms with E-state index in [1.165, 1.54) is 32.1 Å². The topological polar surface area (TPSA) is 0 Å².